The highest BCUT2D eigenvalue weighted by Crippen LogP contribution is 1.95. The second-order valence-electron chi connectivity index (χ2n) is 1.10. The number of ether oxygens (including phenoxy) is 1. The first-order valence-corrected chi connectivity index (χ1v) is 2.02. The molecule has 0 aromatic heterocycles. The monoisotopic (exact) mass is 131 g/mol. The van der Waals surface area contributed by atoms with Crippen LogP contribution in [0.2, 0.25) is 0 Å². The number of nitrogens with zero attached hydrogens (tertiary/aromatic N) is 1. The van der Waals surface area contributed by atoms with Gasteiger partial charge in [-0.1, -0.05) is 0 Å². The van der Waals surface area contributed by atoms with E-state index < -0.39 is 11.7 Å². The molecule has 0 saturated heterocycles. The number of aliphatic hydroxyl groups excluding tert-OH is 1. The second kappa shape index (κ2) is 3.59. The molecule has 0 unspecified atom stereocenters. The number of carbonyl (C=O) groups excluding carboxylic acids is 1. The van der Waals surface area contributed by atoms with E-state index in [1.807, 2.05) is 0 Å². The van der Waals surface area contributed by atoms with Crippen LogP contribution in [-0.2, 0) is 9.53 Å². The topological polar surface area (TPSA) is 76.0 Å². The molecule has 0 spiro atoms. The number of rotatable bonds is 2. The van der Waals surface area contributed by atoms with Gasteiger partial charge in [-0.05, 0) is 5.18 Å². The van der Waals surface area contributed by atoms with Gasteiger partial charge in [-0.25, -0.2) is 4.79 Å². The lowest BCUT2D eigenvalue weighted by Crippen LogP contribution is -2.01. The Morgan fingerprint density at radius 2 is 2.33 bits per heavy atom. The van der Waals surface area contributed by atoms with Crippen molar-refractivity contribution in [3.05, 3.63) is 16.9 Å². The van der Waals surface area contributed by atoms with Gasteiger partial charge in [-0.3, -0.25) is 0 Å². The Kier molecular flexibility index (Phi) is 3.04. The average Bonchev–Trinajstić information content (AvgIpc) is 1.90. The van der Waals surface area contributed by atoms with Gasteiger partial charge in [-0.15, -0.1) is 4.91 Å². The van der Waals surface area contributed by atoms with Crippen LogP contribution in [0, 0.1) is 4.91 Å². The first-order chi connectivity index (χ1) is 4.26. The predicted molar refractivity (Wildman–Crippen MR) is 28.5 cm³/mol. The van der Waals surface area contributed by atoms with Crippen LogP contribution in [0.5, 0.6) is 0 Å². The molecule has 0 atom stereocenters. The zero-order chi connectivity index (χ0) is 7.28. The highest BCUT2D eigenvalue weighted by Gasteiger charge is 2.08. The fraction of sp³-hybridized carbons (Fsp3) is 0.250. The van der Waals surface area contributed by atoms with Crippen molar-refractivity contribution < 1.29 is 14.6 Å². The van der Waals surface area contributed by atoms with Crippen LogP contribution in [-0.4, -0.2) is 18.2 Å². The molecule has 1 N–H and O–H groups in total. The molecule has 0 fully saturated rings. The molecular weight excluding hydrogens is 126 g/mol. The molecular formula is C4H5NO4. The van der Waals surface area contributed by atoms with Crippen LogP contribution >= 0.6 is 0 Å². The van der Waals surface area contributed by atoms with Gasteiger partial charge in [0.25, 0.3) is 0 Å². The van der Waals surface area contributed by atoms with Gasteiger partial charge in [0.05, 0.1) is 7.11 Å². The van der Waals surface area contributed by atoms with Gasteiger partial charge in [-0.2, -0.15) is 0 Å². The lowest BCUT2D eigenvalue weighted by atomic mass is 10.5. The molecule has 0 amide bonds. The van der Waals surface area contributed by atoms with E-state index in [4.69, 9.17) is 5.11 Å². The van der Waals surface area contributed by atoms with Crippen molar-refractivity contribution in [3.63, 3.8) is 0 Å². The molecule has 9 heavy (non-hydrogen) atoms. The Morgan fingerprint density at radius 1 is 1.78 bits per heavy atom. The summed E-state index contributed by atoms with van der Waals surface area (Å²) in [4.78, 5) is 19.8. The quantitative estimate of drug-likeness (QED) is 0.253. The Morgan fingerprint density at radius 3 is 2.44 bits per heavy atom. The Balaban J connectivity index is 4.14. The minimum absolute atomic E-state index is 0.291. The largest absolute Gasteiger partial charge is 0.513 e. The van der Waals surface area contributed by atoms with Crippen LogP contribution in [0.25, 0.3) is 0 Å². The normalized spacial score (nSPS) is 10.6. The Labute approximate surface area is 50.9 Å². The summed E-state index contributed by atoms with van der Waals surface area (Å²) in [6.07, 6.45) is 0.291. The number of hydrogen-bond acceptors (Lipinski definition) is 5. The maximum atomic E-state index is 10.2. The summed E-state index contributed by atoms with van der Waals surface area (Å²) >= 11 is 0. The Hall–Kier alpha value is -1.39. The van der Waals surface area contributed by atoms with Gasteiger partial charge < -0.3 is 9.84 Å². The number of hydrogen-bond donors (Lipinski definition) is 1. The van der Waals surface area contributed by atoms with Gasteiger partial charge in [0, 0.05) is 0 Å². The predicted octanol–water partition coefficient (Wildman–Crippen LogP) is 0.325. The van der Waals surface area contributed by atoms with Gasteiger partial charge in [0.15, 0.2) is 0 Å². The van der Waals surface area contributed by atoms with Crippen molar-refractivity contribution >= 4 is 5.97 Å². The molecule has 0 aliphatic carbocycles. The average molecular weight is 131 g/mol. The van der Waals surface area contributed by atoms with Crippen molar-refractivity contribution in [1.82, 2.24) is 0 Å². The van der Waals surface area contributed by atoms with Crippen LogP contribution in [0.3, 0.4) is 0 Å². The fourth-order valence-corrected chi connectivity index (χ4v) is 0.218. The summed E-state index contributed by atoms with van der Waals surface area (Å²) < 4.78 is 4.03. The van der Waals surface area contributed by atoms with Crippen molar-refractivity contribution in [1.29, 1.82) is 0 Å². The summed E-state index contributed by atoms with van der Waals surface area (Å²) in [5, 5.41) is 10.2. The molecule has 0 aliphatic heterocycles. The third kappa shape index (κ3) is 1.89. The zero-order valence-corrected chi connectivity index (χ0v) is 4.70. The smallest absolute Gasteiger partial charge is 0.363 e. The molecule has 0 aliphatic rings. The number of nitroso groups, excluding NO2 is 1. The van der Waals surface area contributed by atoms with Crippen LogP contribution in [0.15, 0.2) is 17.1 Å². The minimum atomic E-state index is -0.951. The third-order valence-electron chi connectivity index (χ3n) is 0.615. The summed E-state index contributed by atoms with van der Waals surface area (Å²) in [7, 11) is 1.08. The lowest BCUT2D eigenvalue weighted by Gasteiger charge is -1.90. The minimum Gasteiger partial charge on any atom is -0.513 e. The van der Waals surface area contributed by atoms with Crippen LogP contribution in [0.4, 0.5) is 0 Å². The van der Waals surface area contributed by atoms with E-state index >= 15 is 0 Å². The molecule has 0 aromatic carbocycles. The summed E-state index contributed by atoms with van der Waals surface area (Å²) in [5.74, 6) is -0.951. The van der Waals surface area contributed by atoms with E-state index in [0.29, 0.717) is 6.26 Å². The fourth-order valence-electron chi connectivity index (χ4n) is 0.218. The number of methoxy groups -OCH3 is 1. The third-order valence-corrected chi connectivity index (χ3v) is 0.615. The van der Waals surface area contributed by atoms with Gasteiger partial charge in [0.2, 0.25) is 5.70 Å². The van der Waals surface area contributed by atoms with E-state index in [0.717, 1.165) is 7.11 Å². The van der Waals surface area contributed by atoms with Crippen molar-refractivity contribution in [2.24, 2.45) is 5.18 Å². The molecule has 0 bridgehead atoms. The SMILES string of the molecule is COC(=O)C(=CO)N=O. The standard InChI is InChI=1S/C4H5NO4/c1-9-4(7)3(2-6)5-8/h2,6H,1H3. The second-order valence-corrected chi connectivity index (χ2v) is 1.10. The summed E-state index contributed by atoms with van der Waals surface area (Å²) in [5.41, 5.74) is -0.641. The van der Waals surface area contributed by atoms with Gasteiger partial charge in [0.1, 0.15) is 6.26 Å². The van der Waals surface area contributed by atoms with E-state index in [9.17, 15) is 9.70 Å². The van der Waals surface area contributed by atoms with Crippen molar-refractivity contribution in [3.8, 4) is 0 Å². The van der Waals surface area contributed by atoms with E-state index in [2.05, 4.69) is 9.91 Å². The highest BCUT2D eigenvalue weighted by molar-refractivity contribution is 5.87. The summed E-state index contributed by atoms with van der Waals surface area (Å²) in [6.45, 7) is 0. The number of aliphatic hydroxyl groups is 1. The maximum absolute atomic E-state index is 10.2. The molecule has 0 radical (unpaired) electrons. The molecule has 0 heterocycles. The van der Waals surface area contributed by atoms with Crippen molar-refractivity contribution in [2.75, 3.05) is 7.11 Å². The zero-order valence-electron chi connectivity index (χ0n) is 4.70. The first kappa shape index (κ1) is 7.61. The van der Waals surface area contributed by atoms with E-state index in [1.165, 1.54) is 0 Å². The van der Waals surface area contributed by atoms with E-state index in [1.54, 1.807) is 0 Å². The van der Waals surface area contributed by atoms with Gasteiger partial charge >= 0.3 is 5.97 Å². The van der Waals surface area contributed by atoms with Crippen molar-refractivity contribution in [2.45, 2.75) is 0 Å². The number of carbonyl (C=O) groups is 1. The molecule has 5 nitrogen and oxygen atoms in total. The molecule has 0 aromatic rings. The first-order valence-electron chi connectivity index (χ1n) is 2.02. The van der Waals surface area contributed by atoms with Crippen LogP contribution < -0.4 is 0 Å². The maximum Gasteiger partial charge on any atom is 0.363 e. The Bertz CT molecular complexity index is 151. The molecule has 0 rings (SSSR count). The molecule has 0 saturated carbocycles. The van der Waals surface area contributed by atoms with Crippen LogP contribution in [0.1, 0.15) is 0 Å². The number of esters is 1. The lowest BCUT2D eigenvalue weighted by molar-refractivity contribution is -0.136. The summed E-state index contributed by atoms with van der Waals surface area (Å²) in [6, 6.07) is 0. The highest BCUT2D eigenvalue weighted by atomic mass is 16.5. The molecule has 5 heteroatoms. The molecule has 50 valence electrons. The van der Waals surface area contributed by atoms with E-state index in [-0.39, 0.29) is 0 Å².